The molecule has 3 rings (SSSR count). The molecular weight excluding hydrogens is 267 g/mol. The summed E-state index contributed by atoms with van der Waals surface area (Å²) in [5, 5.41) is 6.03. The molecule has 0 radical (unpaired) electrons. The molecule has 0 bridgehead atoms. The lowest BCUT2D eigenvalue weighted by atomic mass is 10.2. The number of hydrogen-bond donors (Lipinski definition) is 2. The highest BCUT2D eigenvalue weighted by Crippen LogP contribution is 2.31. The normalized spacial score (nSPS) is 13.8. The molecule has 1 aromatic carbocycles. The molecular formula is C14H12F3N3. The Morgan fingerprint density at radius 2 is 2.00 bits per heavy atom. The van der Waals surface area contributed by atoms with E-state index >= 15 is 0 Å². The van der Waals surface area contributed by atoms with Crippen molar-refractivity contribution in [2.45, 2.75) is 12.6 Å². The molecule has 1 aliphatic rings. The first-order valence-corrected chi connectivity index (χ1v) is 6.20. The molecule has 0 aliphatic carbocycles. The van der Waals surface area contributed by atoms with E-state index in [-0.39, 0.29) is 0 Å². The molecule has 0 atom stereocenters. The summed E-state index contributed by atoms with van der Waals surface area (Å²) < 4.78 is 37.9. The van der Waals surface area contributed by atoms with Crippen LogP contribution >= 0.6 is 0 Å². The third-order valence-electron chi connectivity index (χ3n) is 3.13. The van der Waals surface area contributed by atoms with Gasteiger partial charge in [0.15, 0.2) is 0 Å². The van der Waals surface area contributed by atoms with Crippen molar-refractivity contribution < 1.29 is 13.2 Å². The van der Waals surface area contributed by atoms with Gasteiger partial charge in [-0.2, -0.15) is 13.2 Å². The van der Waals surface area contributed by atoms with Crippen molar-refractivity contribution >= 4 is 17.3 Å². The Morgan fingerprint density at radius 1 is 1.15 bits per heavy atom. The Morgan fingerprint density at radius 3 is 2.80 bits per heavy atom. The molecule has 0 amide bonds. The number of nitrogens with zero attached hydrogens (tertiary/aromatic N) is 1. The predicted octanol–water partition coefficient (Wildman–Crippen LogP) is 3.81. The van der Waals surface area contributed by atoms with Gasteiger partial charge in [0, 0.05) is 12.2 Å². The van der Waals surface area contributed by atoms with Crippen LogP contribution in [0.1, 0.15) is 11.1 Å². The van der Waals surface area contributed by atoms with Crippen molar-refractivity contribution in [2.24, 2.45) is 0 Å². The van der Waals surface area contributed by atoms with E-state index in [4.69, 9.17) is 0 Å². The molecule has 1 aliphatic heterocycles. The average molecular weight is 279 g/mol. The number of hydrogen-bond acceptors (Lipinski definition) is 3. The van der Waals surface area contributed by atoms with Crippen molar-refractivity contribution in [3.05, 3.63) is 47.5 Å². The topological polar surface area (TPSA) is 37.0 Å². The first-order valence-electron chi connectivity index (χ1n) is 6.20. The number of pyridine rings is 1. The lowest BCUT2D eigenvalue weighted by Crippen LogP contribution is -2.05. The summed E-state index contributed by atoms with van der Waals surface area (Å²) in [6.07, 6.45) is -3.42. The number of anilines is 3. The van der Waals surface area contributed by atoms with E-state index in [1.54, 1.807) is 12.1 Å². The van der Waals surface area contributed by atoms with Crippen LogP contribution in [-0.4, -0.2) is 11.5 Å². The zero-order valence-electron chi connectivity index (χ0n) is 10.5. The SMILES string of the molecule is FC(F)(F)c1cccc(Nc2ccc3c(n2)NCC3)c1. The molecule has 20 heavy (non-hydrogen) atoms. The van der Waals surface area contributed by atoms with Gasteiger partial charge in [0.25, 0.3) is 0 Å². The molecule has 0 unspecified atom stereocenters. The fourth-order valence-electron chi connectivity index (χ4n) is 2.15. The number of fused-ring (bicyclic) bond motifs is 1. The Bertz CT molecular complexity index is 638. The van der Waals surface area contributed by atoms with Crippen LogP contribution in [0.25, 0.3) is 0 Å². The number of alkyl halides is 3. The van der Waals surface area contributed by atoms with E-state index in [0.29, 0.717) is 11.5 Å². The van der Waals surface area contributed by atoms with Crippen LogP contribution in [0.2, 0.25) is 0 Å². The van der Waals surface area contributed by atoms with Crippen molar-refractivity contribution in [3.63, 3.8) is 0 Å². The highest BCUT2D eigenvalue weighted by atomic mass is 19.4. The van der Waals surface area contributed by atoms with Gasteiger partial charge in [-0.25, -0.2) is 4.98 Å². The van der Waals surface area contributed by atoms with Gasteiger partial charge < -0.3 is 10.6 Å². The Labute approximate surface area is 113 Å². The van der Waals surface area contributed by atoms with Gasteiger partial charge >= 0.3 is 6.18 Å². The Balaban J connectivity index is 1.84. The fourth-order valence-corrected chi connectivity index (χ4v) is 2.15. The summed E-state index contributed by atoms with van der Waals surface area (Å²) in [4.78, 5) is 4.34. The molecule has 0 spiro atoms. The van der Waals surface area contributed by atoms with Crippen LogP contribution < -0.4 is 10.6 Å². The molecule has 0 saturated carbocycles. The van der Waals surface area contributed by atoms with E-state index in [0.717, 1.165) is 36.5 Å². The maximum Gasteiger partial charge on any atom is 0.416 e. The van der Waals surface area contributed by atoms with Crippen molar-refractivity contribution in [3.8, 4) is 0 Å². The summed E-state index contributed by atoms with van der Waals surface area (Å²) in [6, 6.07) is 8.77. The van der Waals surface area contributed by atoms with Crippen molar-refractivity contribution in [1.82, 2.24) is 4.98 Å². The van der Waals surface area contributed by atoms with Gasteiger partial charge in [-0.3, -0.25) is 0 Å². The third-order valence-corrected chi connectivity index (χ3v) is 3.13. The summed E-state index contributed by atoms with van der Waals surface area (Å²) in [5.74, 6) is 1.32. The largest absolute Gasteiger partial charge is 0.416 e. The van der Waals surface area contributed by atoms with Gasteiger partial charge in [0.2, 0.25) is 0 Å². The van der Waals surface area contributed by atoms with E-state index in [1.807, 2.05) is 6.07 Å². The van der Waals surface area contributed by atoms with E-state index in [2.05, 4.69) is 15.6 Å². The standard InChI is InChI=1S/C14H12F3N3/c15-14(16,17)10-2-1-3-11(8-10)19-12-5-4-9-6-7-18-13(9)20-12/h1-5,8H,6-7H2,(H2,18,19,20). The van der Waals surface area contributed by atoms with Gasteiger partial charge in [0.05, 0.1) is 5.56 Å². The molecule has 0 fully saturated rings. The van der Waals surface area contributed by atoms with Gasteiger partial charge in [0.1, 0.15) is 11.6 Å². The van der Waals surface area contributed by atoms with Crippen LogP contribution in [0.3, 0.4) is 0 Å². The van der Waals surface area contributed by atoms with Crippen LogP contribution in [0.5, 0.6) is 0 Å². The molecule has 2 heterocycles. The van der Waals surface area contributed by atoms with Gasteiger partial charge in [-0.1, -0.05) is 12.1 Å². The summed E-state index contributed by atoms with van der Waals surface area (Å²) in [6.45, 7) is 0.843. The Hall–Kier alpha value is -2.24. The van der Waals surface area contributed by atoms with Gasteiger partial charge in [-0.15, -0.1) is 0 Å². The molecule has 1 aromatic heterocycles. The minimum Gasteiger partial charge on any atom is -0.369 e. The zero-order chi connectivity index (χ0) is 14.2. The second-order valence-electron chi connectivity index (χ2n) is 4.58. The smallest absolute Gasteiger partial charge is 0.369 e. The second kappa shape index (κ2) is 4.70. The Kier molecular flexibility index (Phi) is 3.00. The molecule has 104 valence electrons. The van der Waals surface area contributed by atoms with E-state index in [1.165, 1.54) is 6.07 Å². The lowest BCUT2D eigenvalue weighted by molar-refractivity contribution is -0.137. The van der Waals surface area contributed by atoms with E-state index < -0.39 is 11.7 Å². The highest BCUT2D eigenvalue weighted by molar-refractivity contribution is 5.61. The van der Waals surface area contributed by atoms with Crippen LogP contribution in [0.4, 0.5) is 30.5 Å². The molecule has 2 N–H and O–H groups in total. The molecule has 6 heteroatoms. The first kappa shape index (κ1) is 12.8. The molecule has 0 saturated heterocycles. The maximum absolute atomic E-state index is 12.6. The second-order valence-corrected chi connectivity index (χ2v) is 4.58. The first-order chi connectivity index (χ1) is 9.52. The van der Waals surface area contributed by atoms with Crippen molar-refractivity contribution in [1.29, 1.82) is 0 Å². The molecule has 3 nitrogen and oxygen atoms in total. The van der Waals surface area contributed by atoms with Crippen LogP contribution in [0, 0.1) is 0 Å². The van der Waals surface area contributed by atoms with Crippen molar-refractivity contribution in [2.75, 3.05) is 17.2 Å². The summed E-state index contributed by atoms with van der Waals surface area (Å²) >= 11 is 0. The lowest BCUT2D eigenvalue weighted by Gasteiger charge is -2.11. The number of halogens is 3. The van der Waals surface area contributed by atoms with Crippen LogP contribution in [-0.2, 0) is 12.6 Å². The summed E-state index contributed by atoms with van der Waals surface area (Å²) in [7, 11) is 0. The quantitative estimate of drug-likeness (QED) is 0.877. The minimum absolute atomic E-state index is 0.366. The fraction of sp³-hybridized carbons (Fsp3) is 0.214. The summed E-state index contributed by atoms with van der Waals surface area (Å²) in [5.41, 5.74) is 0.812. The number of nitrogens with one attached hydrogen (secondary N) is 2. The molecule has 2 aromatic rings. The highest BCUT2D eigenvalue weighted by Gasteiger charge is 2.30. The maximum atomic E-state index is 12.6. The number of benzene rings is 1. The average Bonchev–Trinajstić information content (AvgIpc) is 2.85. The monoisotopic (exact) mass is 279 g/mol. The van der Waals surface area contributed by atoms with Gasteiger partial charge in [-0.05, 0) is 36.2 Å². The third kappa shape index (κ3) is 2.54. The van der Waals surface area contributed by atoms with Crippen LogP contribution in [0.15, 0.2) is 36.4 Å². The van der Waals surface area contributed by atoms with E-state index in [9.17, 15) is 13.2 Å². The predicted molar refractivity (Wildman–Crippen MR) is 71.2 cm³/mol. The zero-order valence-corrected chi connectivity index (χ0v) is 10.5. The number of aromatic nitrogens is 1. The minimum atomic E-state index is -4.34. The number of rotatable bonds is 2.